The van der Waals surface area contributed by atoms with Crippen LogP contribution in [0.15, 0.2) is 24.3 Å². The zero-order chi connectivity index (χ0) is 15.3. The second-order valence-corrected chi connectivity index (χ2v) is 5.97. The number of hydrogen-bond donors (Lipinski definition) is 1. The number of halogens is 1. The lowest BCUT2D eigenvalue weighted by Crippen LogP contribution is -2.22. The topological polar surface area (TPSA) is 12.0 Å². The lowest BCUT2D eigenvalue weighted by molar-refractivity contribution is 0.465. The Morgan fingerprint density at radius 3 is 2.14 bits per heavy atom. The van der Waals surface area contributed by atoms with Crippen molar-refractivity contribution in [3.63, 3.8) is 0 Å². The van der Waals surface area contributed by atoms with Gasteiger partial charge in [-0.2, -0.15) is 0 Å². The Labute approximate surface area is 130 Å². The predicted molar refractivity (Wildman–Crippen MR) is 90.0 cm³/mol. The van der Waals surface area contributed by atoms with Crippen molar-refractivity contribution < 1.29 is 4.39 Å². The van der Waals surface area contributed by atoms with Gasteiger partial charge in [-0.3, -0.25) is 0 Å². The van der Waals surface area contributed by atoms with Gasteiger partial charge in [-0.15, -0.1) is 0 Å². The van der Waals surface area contributed by atoms with E-state index in [0.717, 1.165) is 13.0 Å². The molecule has 0 aliphatic rings. The summed E-state index contributed by atoms with van der Waals surface area (Å²) >= 11 is 0. The van der Waals surface area contributed by atoms with Crippen molar-refractivity contribution >= 4 is 0 Å². The molecule has 21 heavy (non-hydrogen) atoms. The maximum Gasteiger partial charge on any atom is 0.123 e. The van der Waals surface area contributed by atoms with Gasteiger partial charge in [-0.25, -0.2) is 4.39 Å². The van der Waals surface area contributed by atoms with Gasteiger partial charge in [-0.05, 0) is 37.1 Å². The molecule has 1 aromatic rings. The molecule has 0 heterocycles. The maximum absolute atomic E-state index is 13.0. The Morgan fingerprint density at radius 2 is 1.48 bits per heavy atom. The van der Waals surface area contributed by atoms with Gasteiger partial charge in [-0.1, -0.05) is 70.9 Å². The van der Waals surface area contributed by atoms with Crippen LogP contribution in [0.2, 0.25) is 0 Å². The number of rotatable bonds is 12. The molecule has 1 aromatic carbocycles. The first-order valence-electron chi connectivity index (χ1n) is 8.76. The molecule has 0 saturated carbocycles. The van der Waals surface area contributed by atoms with Crippen molar-refractivity contribution in [3.8, 4) is 0 Å². The molecule has 0 saturated heterocycles. The van der Waals surface area contributed by atoms with E-state index in [1.807, 2.05) is 12.1 Å². The van der Waals surface area contributed by atoms with Crippen LogP contribution in [0.3, 0.4) is 0 Å². The first kappa shape index (κ1) is 18.2. The highest BCUT2D eigenvalue weighted by Gasteiger charge is 2.10. The Balaban J connectivity index is 2.31. The number of hydrogen-bond acceptors (Lipinski definition) is 1. The van der Waals surface area contributed by atoms with Gasteiger partial charge in [0.1, 0.15) is 5.82 Å². The lowest BCUT2D eigenvalue weighted by Gasteiger charge is -2.19. The van der Waals surface area contributed by atoms with E-state index in [9.17, 15) is 4.39 Å². The van der Waals surface area contributed by atoms with Crippen LogP contribution in [0.1, 0.15) is 83.2 Å². The first-order valence-corrected chi connectivity index (χ1v) is 8.76. The molecule has 0 aliphatic heterocycles. The van der Waals surface area contributed by atoms with E-state index in [-0.39, 0.29) is 5.82 Å². The van der Waals surface area contributed by atoms with Gasteiger partial charge in [0.15, 0.2) is 0 Å². The Kier molecular flexibility index (Phi) is 10.1. The van der Waals surface area contributed by atoms with Gasteiger partial charge in [0, 0.05) is 6.04 Å². The molecule has 0 fully saturated rings. The molecule has 0 radical (unpaired) electrons. The minimum Gasteiger partial charge on any atom is -0.310 e. The normalized spacial score (nSPS) is 12.5. The van der Waals surface area contributed by atoms with E-state index in [0.29, 0.717) is 6.04 Å². The van der Waals surface area contributed by atoms with Crippen LogP contribution in [0.5, 0.6) is 0 Å². The molecule has 0 bridgehead atoms. The van der Waals surface area contributed by atoms with Crippen molar-refractivity contribution in [1.82, 2.24) is 5.32 Å². The van der Waals surface area contributed by atoms with E-state index < -0.39 is 0 Å². The molecular weight excluding hydrogens is 261 g/mol. The van der Waals surface area contributed by atoms with Crippen molar-refractivity contribution in [2.75, 3.05) is 6.54 Å². The van der Waals surface area contributed by atoms with Crippen molar-refractivity contribution in [2.45, 2.75) is 77.7 Å². The Bertz CT molecular complexity index is 347. The highest BCUT2D eigenvalue weighted by molar-refractivity contribution is 5.19. The minimum absolute atomic E-state index is 0.149. The molecule has 0 spiro atoms. The molecule has 120 valence electrons. The van der Waals surface area contributed by atoms with Gasteiger partial charge in [0.2, 0.25) is 0 Å². The summed E-state index contributed by atoms with van der Waals surface area (Å²) in [6.07, 6.45) is 11.5. The SMILES string of the molecule is CCCCCCCCNC(CCCC)c1ccc(F)cc1. The fraction of sp³-hybridized carbons (Fsp3) is 0.684. The fourth-order valence-corrected chi connectivity index (χ4v) is 2.67. The molecule has 1 rings (SSSR count). The van der Waals surface area contributed by atoms with Crippen LogP contribution in [0.4, 0.5) is 4.39 Å². The molecule has 0 aromatic heterocycles. The van der Waals surface area contributed by atoms with Gasteiger partial charge >= 0.3 is 0 Å². The molecule has 1 unspecified atom stereocenters. The fourth-order valence-electron chi connectivity index (χ4n) is 2.67. The molecule has 0 aliphatic carbocycles. The standard InChI is InChI=1S/C19H32FN/c1-3-5-7-8-9-10-16-21-19(11-6-4-2)17-12-14-18(20)15-13-17/h12-15,19,21H,3-11,16H2,1-2H3. The highest BCUT2D eigenvalue weighted by Crippen LogP contribution is 2.20. The van der Waals surface area contributed by atoms with E-state index in [1.54, 1.807) is 12.1 Å². The van der Waals surface area contributed by atoms with Crippen molar-refractivity contribution in [2.24, 2.45) is 0 Å². The summed E-state index contributed by atoms with van der Waals surface area (Å²) in [4.78, 5) is 0. The number of unbranched alkanes of at least 4 members (excludes halogenated alkanes) is 6. The quantitative estimate of drug-likeness (QED) is 0.465. The summed E-state index contributed by atoms with van der Waals surface area (Å²) in [7, 11) is 0. The number of nitrogens with one attached hydrogen (secondary N) is 1. The summed E-state index contributed by atoms with van der Waals surface area (Å²) in [6, 6.07) is 7.36. The van der Waals surface area contributed by atoms with Gasteiger partial charge < -0.3 is 5.32 Å². The van der Waals surface area contributed by atoms with E-state index in [4.69, 9.17) is 0 Å². The van der Waals surface area contributed by atoms with Crippen LogP contribution in [-0.4, -0.2) is 6.54 Å². The summed E-state index contributed by atoms with van der Waals surface area (Å²) in [5.41, 5.74) is 1.22. The maximum atomic E-state index is 13.0. The minimum atomic E-state index is -0.149. The van der Waals surface area contributed by atoms with Crippen LogP contribution in [-0.2, 0) is 0 Å². The molecule has 1 N–H and O–H groups in total. The number of benzene rings is 1. The van der Waals surface area contributed by atoms with Gasteiger partial charge in [0.05, 0.1) is 0 Å². The van der Waals surface area contributed by atoms with Crippen LogP contribution < -0.4 is 5.32 Å². The highest BCUT2D eigenvalue weighted by atomic mass is 19.1. The summed E-state index contributed by atoms with van der Waals surface area (Å²) in [6.45, 7) is 5.54. The van der Waals surface area contributed by atoms with Crippen LogP contribution in [0, 0.1) is 5.82 Å². The predicted octanol–water partition coefficient (Wildman–Crippen LogP) is 6.01. The van der Waals surface area contributed by atoms with E-state index in [2.05, 4.69) is 19.2 Å². The molecule has 1 nitrogen and oxygen atoms in total. The molecular formula is C19H32FN. The second-order valence-electron chi connectivity index (χ2n) is 5.97. The third kappa shape index (κ3) is 8.21. The zero-order valence-electron chi connectivity index (χ0n) is 13.8. The van der Waals surface area contributed by atoms with Crippen molar-refractivity contribution in [3.05, 3.63) is 35.6 Å². The third-order valence-corrected chi connectivity index (χ3v) is 4.04. The lowest BCUT2D eigenvalue weighted by atomic mass is 10.0. The molecule has 1 atom stereocenters. The van der Waals surface area contributed by atoms with E-state index >= 15 is 0 Å². The summed E-state index contributed by atoms with van der Waals surface area (Å²) in [5, 5.41) is 3.66. The Morgan fingerprint density at radius 1 is 0.857 bits per heavy atom. The molecule has 0 amide bonds. The second kappa shape index (κ2) is 11.7. The largest absolute Gasteiger partial charge is 0.310 e. The van der Waals surface area contributed by atoms with Crippen molar-refractivity contribution in [1.29, 1.82) is 0 Å². The van der Waals surface area contributed by atoms with Crippen LogP contribution >= 0.6 is 0 Å². The van der Waals surface area contributed by atoms with Gasteiger partial charge in [0.25, 0.3) is 0 Å². The van der Waals surface area contributed by atoms with Crippen LogP contribution in [0.25, 0.3) is 0 Å². The van der Waals surface area contributed by atoms with E-state index in [1.165, 1.54) is 56.9 Å². The average Bonchev–Trinajstić information content (AvgIpc) is 2.50. The Hall–Kier alpha value is -0.890. The average molecular weight is 293 g/mol. The third-order valence-electron chi connectivity index (χ3n) is 4.04. The smallest absolute Gasteiger partial charge is 0.123 e. The molecule has 2 heteroatoms. The first-order chi connectivity index (χ1) is 10.3. The monoisotopic (exact) mass is 293 g/mol. The zero-order valence-corrected chi connectivity index (χ0v) is 13.8. The summed E-state index contributed by atoms with van der Waals surface area (Å²) < 4.78 is 13.0. The summed E-state index contributed by atoms with van der Waals surface area (Å²) in [5.74, 6) is -0.149.